The van der Waals surface area contributed by atoms with Crippen molar-refractivity contribution < 1.29 is 14.4 Å². The zero-order valence-corrected chi connectivity index (χ0v) is 21.1. The van der Waals surface area contributed by atoms with Gasteiger partial charge in [-0.15, -0.1) is 0 Å². The van der Waals surface area contributed by atoms with Crippen LogP contribution in [0.1, 0.15) is 49.0 Å². The van der Waals surface area contributed by atoms with Crippen molar-refractivity contribution in [1.29, 1.82) is 0 Å². The lowest BCUT2D eigenvalue weighted by Gasteiger charge is -2.31. The van der Waals surface area contributed by atoms with E-state index in [9.17, 15) is 14.4 Å². The number of fused-ring (bicyclic) bond motifs is 1. The van der Waals surface area contributed by atoms with Crippen LogP contribution in [-0.4, -0.2) is 52.6 Å². The van der Waals surface area contributed by atoms with Gasteiger partial charge in [-0.1, -0.05) is 87.0 Å². The van der Waals surface area contributed by atoms with Crippen LogP contribution in [-0.2, 0) is 16.1 Å². The number of benzene rings is 3. The van der Waals surface area contributed by atoms with Gasteiger partial charge in [-0.25, -0.2) is 0 Å². The Labute approximate surface area is 213 Å². The number of nitrogens with two attached hydrogens (primary N) is 1. The van der Waals surface area contributed by atoms with Crippen LogP contribution in [0.25, 0.3) is 10.8 Å². The quantitative estimate of drug-likeness (QED) is 0.454. The summed E-state index contributed by atoms with van der Waals surface area (Å²) in [4.78, 5) is 43.6. The minimum Gasteiger partial charge on any atom is -0.320 e. The molecule has 36 heavy (non-hydrogen) atoms. The van der Waals surface area contributed by atoms with E-state index in [1.165, 1.54) is 4.90 Å². The first-order valence-corrected chi connectivity index (χ1v) is 12.8. The van der Waals surface area contributed by atoms with Gasteiger partial charge in [0.1, 0.15) is 0 Å². The molecule has 0 unspecified atom stereocenters. The Bertz CT molecular complexity index is 1230. The van der Waals surface area contributed by atoms with Crippen LogP contribution in [0.2, 0.25) is 0 Å². The van der Waals surface area contributed by atoms with Crippen LogP contribution in [0, 0.1) is 5.92 Å². The van der Waals surface area contributed by atoms with Gasteiger partial charge < -0.3 is 5.73 Å². The summed E-state index contributed by atoms with van der Waals surface area (Å²) in [6, 6.07) is 21.8. The third kappa shape index (κ3) is 5.72. The lowest BCUT2D eigenvalue weighted by Crippen LogP contribution is -2.54. The van der Waals surface area contributed by atoms with Crippen LogP contribution in [0.3, 0.4) is 0 Å². The van der Waals surface area contributed by atoms with E-state index in [4.69, 9.17) is 5.73 Å². The number of likely N-dealkylation sites (tertiary alicyclic amines) is 1. The van der Waals surface area contributed by atoms with Gasteiger partial charge in [0.05, 0.1) is 25.2 Å². The molecule has 3 atom stereocenters. The van der Waals surface area contributed by atoms with E-state index < -0.39 is 12.1 Å². The standard InChI is InChI=1S/C30H35N3O3/c1-3-21(2)28(31)30(36)33(19-22-10-5-4-6-11-22)29(35)26-14-9-17-32(26)20-27(34)25-16-15-23-12-7-8-13-24(23)18-25/h4-8,10-13,15-16,18,21,26,28H,3,9,14,17,19-20,31H2,1-2H3/t21-,26-,28-/m0/s1. The molecule has 0 aliphatic carbocycles. The molecule has 1 aliphatic heterocycles. The summed E-state index contributed by atoms with van der Waals surface area (Å²) in [7, 11) is 0. The number of imide groups is 1. The molecule has 1 fully saturated rings. The van der Waals surface area contributed by atoms with Crippen molar-refractivity contribution in [3.8, 4) is 0 Å². The Morgan fingerprint density at radius 3 is 2.42 bits per heavy atom. The fourth-order valence-electron chi connectivity index (χ4n) is 4.82. The number of amides is 2. The average molecular weight is 486 g/mol. The first-order valence-electron chi connectivity index (χ1n) is 12.8. The number of nitrogens with zero attached hydrogens (tertiary/aromatic N) is 2. The third-order valence-electron chi connectivity index (χ3n) is 7.32. The molecule has 0 saturated carbocycles. The lowest BCUT2D eigenvalue weighted by atomic mass is 9.98. The molecule has 3 aromatic carbocycles. The van der Waals surface area contributed by atoms with Crippen molar-refractivity contribution >= 4 is 28.4 Å². The summed E-state index contributed by atoms with van der Waals surface area (Å²) in [5, 5.41) is 2.09. The van der Waals surface area contributed by atoms with E-state index in [0.717, 1.165) is 29.2 Å². The fraction of sp³-hybridized carbons (Fsp3) is 0.367. The van der Waals surface area contributed by atoms with Crippen molar-refractivity contribution in [1.82, 2.24) is 9.80 Å². The number of hydrogen-bond donors (Lipinski definition) is 1. The van der Waals surface area contributed by atoms with Crippen molar-refractivity contribution in [2.45, 2.75) is 51.7 Å². The van der Waals surface area contributed by atoms with Gasteiger partial charge >= 0.3 is 0 Å². The summed E-state index contributed by atoms with van der Waals surface area (Å²) in [6.07, 6.45) is 2.16. The predicted octanol–water partition coefficient (Wildman–Crippen LogP) is 4.42. The number of hydrogen-bond acceptors (Lipinski definition) is 5. The molecule has 2 amide bonds. The highest BCUT2D eigenvalue weighted by Gasteiger charge is 2.38. The molecule has 1 aliphatic rings. The van der Waals surface area contributed by atoms with Crippen molar-refractivity contribution in [3.63, 3.8) is 0 Å². The van der Waals surface area contributed by atoms with Crippen LogP contribution in [0.15, 0.2) is 72.8 Å². The highest BCUT2D eigenvalue weighted by molar-refractivity contribution is 6.03. The monoisotopic (exact) mass is 485 g/mol. The maximum absolute atomic E-state index is 13.8. The second-order valence-corrected chi connectivity index (χ2v) is 9.77. The largest absolute Gasteiger partial charge is 0.320 e. The van der Waals surface area contributed by atoms with Crippen molar-refractivity contribution in [3.05, 3.63) is 83.9 Å². The number of rotatable bonds is 9. The molecule has 6 nitrogen and oxygen atoms in total. The molecule has 2 N–H and O–H groups in total. The highest BCUT2D eigenvalue weighted by atomic mass is 16.2. The third-order valence-corrected chi connectivity index (χ3v) is 7.32. The lowest BCUT2D eigenvalue weighted by molar-refractivity contribution is -0.149. The first-order chi connectivity index (χ1) is 17.4. The SMILES string of the molecule is CC[C@H](C)[C@H](N)C(=O)N(Cc1ccccc1)C(=O)[C@@H]1CCCN1CC(=O)c1ccc2ccccc2c1. The second-order valence-electron chi connectivity index (χ2n) is 9.77. The van der Waals surface area contributed by atoms with Gasteiger partial charge in [-0.05, 0) is 47.7 Å². The maximum Gasteiger partial charge on any atom is 0.246 e. The molecule has 0 radical (unpaired) electrons. The summed E-state index contributed by atoms with van der Waals surface area (Å²) < 4.78 is 0. The first kappa shape index (κ1) is 25.7. The molecular formula is C30H35N3O3. The van der Waals surface area contributed by atoms with Gasteiger partial charge in [0.25, 0.3) is 0 Å². The van der Waals surface area contributed by atoms with Crippen LogP contribution >= 0.6 is 0 Å². The Kier molecular flexibility index (Phi) is 8.28. The minimum absolute atomic E-state index is 0.0299. The molecule has 188 valence electrons. The summed E-state index contributed by atoms with van der Waals surface area (Å²) in [5.41, 5.74) is 7.78. The molecule has 0 spiro atoms. The molecule has 3 aromatic rings. The Morgan fingerprint density at radius 2 is 1.69 bits per heavy atom. The molecular weight excluding hydrogens is 450 g/mol. The summed E-state index contributed by atoms with van der Waals surface area (Å²) in [5.74, 6) is -0.701. The average Bonchev–Trinajstić information content (AvgIpc) is 3.38. The van der Waals surface area contributed by atoms with Crippen LogP contribution < -0.4 is 5.73 Å². The van der Waals surface area contributed by atoms with Gasteiger partial charge in [-0.2, -0.15) is 0 Å². The van der Waals surface area contributed by atoms with E-state index >= 15 is 0 Å². The Balaban J connectivity index is 1.53. The zero-order valence-electron chi connectivity index (χ0n) is 21.1. The Hall–Kier alpha value is -3.35. The molecule has 0 bridgehead atoms. The fourth-order valence-corrected chi connectivity index (χ4v) is 4.82. The minimum atomic E-state index is -0.753. The number of Topliss-reactive ketones (excluding diaryl/α,β-unsaturated/α-hetero) is 1. The van der Waals surface area contributed by atoms with Gasteiger partial charge in [0.15, 0.2) is 5.78 Å². The van der Waals surface area contributed by atoms with Crippen molar-refractivity contribution in [2.24, 2.45) is 11.7 Å². The van der Waals surface area contributed by atoms with Gasteiger partial charge in [-0.3, -0.25) is 24.2 Å². The second kappa shape index (κ2) is 11.6. The summed E-state index contributed by atoms with van der Waals surface area (Å²) >= 11 is 0. The van der Waals surface area contributed by atoms with E-state index in [0.29, 0.717) is 18.5 Å². The van der Waals surface area contributed by atoms with Gasteiger partial charge in [0.2, 0.25) is 11.8 Å². The van der Waals surface area contributed by atoms with E-state index in [2.05, 4.69) is 0 Å². The van der Waals surface area contributed by atoms with E-state index in [1.54, 1.807) is 0 Å². The number of carbonyl (C=O) groups excluding carboxylic acids is 3. The van der Waals surface area contributed by atoms with E-state index in [-0.39, 0.29) is 36.6 Å². The number of carbonyl (C=O) groups is 3. The zero-order chi connectivity index (χ0) is 25.7. The molecule has 1 saturated heterocycles. The normalized spacial score (nSPS) is 17.6. The molecule has 0 aromatic heterocycles. The van der Waals surface area contributed by atoms with Crippen LogP contribution in [0.4, 0.5) is 0 Å². The topological polar surface area (TPSA) is 83.7 Å². The smallest absolute Gasteiger partial charge is 0.246 e. The summed E-state index contributed by atoms with van der Waals surface area (Å²) in [6.45, 7) is 4.86. The van der Waals surface area contributed by atoms with Crippen LogP contribution in [0.5, 0.6) is 0 Å². The predicted molar refractivity (Wildman–Crippen MR) is 142 cm³/mol. The molecule has 6 heteroatoms. The van der Waals surface area contributed by atoms with E-state index in [1.807, 2.05) is 91.5 Å². The molecule has 1 heterocycles. The van der Waals surface area contributed by atoms with Crippen molar-refractivity contribution in [2.75, 3.05) is 13.1 Å². The molecule has 4 rings (SSSR count). The maximum atomic E-state index is 13.8. The van der Waals surface area contributed by atoms with Gasteiger partial charge in [0, 0.05) is 5.56 Å². The Morgan fingerprint density at radius 1 is 1.00 bits per heavy atom. The highest BCUT2D eigenvalue weighted by Crippen LogP contribution is 2.23. The number of ketones is 1.